The first-order chi connectivity index (χ1) is 7.13. The number of aliphatic hydroxyl groups excluding tert-OH is 1. The molecule has 0 spiro atoms. The molecule has 1 rings (SSSR count). The number of carbonyl (C=O) groups is 1. The first kappa shape index (κ1) is 12.7. The van der Waals surface area contributed by atoms with Crippen LogP contribution in [-0.4, -0.2) is 17.5 Å². The zero-order valence-electron chi connectivity index (χ0n) is 8.17. The van der Waals surface area contributed by atoms with Gasteiger partial charge in [-0.2, -0.15) is 0 Å². The third-order valence-corrected chi connectivity index (χ3v) is 2.86. The highest BCUT2D eigenvalue weighted by molar-refractivity contribution is 9.10. The van der Waals surface area contributed by atoms with Crippen molar-refractivity contribution in [2.75, 3.05) is 6.61 Å². The van der Waals surface area contributed by atoms with Crippen LogP contribution in [0.1, 0.15) is 18.4 Å². The second-order valence-electron chi connectivity index (χ2n) is 3.28. The van der Waals surface area contributed by atoms with Crippen LogP contribution in [0.4, 0.5) is 0 Å². The van der Waals surface area contributed by atoms with Crippen LogP contribution in [0.3, 0.4) is 0 Å². The molecule has 0 aromatic heterocycles. The van der Waals surface area contributed by atoms with E-state index < -0.39 is 0 Å². The van der Waals surface area contributed by atoms with Crippen molar-refractivity contribution < 1.29 is 9.90 Å². The number of aliphatic hydroxyl groups is 1. The summed E-state index contributed by atoms with van der Waals surface area (Å²) in [6, 6.07) is 5.47. The molecule has 0 radical (unpaired) electrons. The molecule has 0 unspecified atom stereocenters. The number of hydrogen-bond donors (Lipinski definition) is 1. The Labute approximate surface area is 102 Å². The molecular formula is C11H12BrClO2. The largest absolute Gasteiger partial charge is 0.396 e. The molecule has 0 aliphatic rings. The Morgan fingerprint density at radius 1 is 1.47 bits per heavy atom. The number of ketones is 1. The van der Waals surface area contributed by atoms with Crippen molar-refractivity contribution in [1.82, 2.24) is 0 Å². The fourth-order valence-electron chi connectivity index (χ4n) is 1.24. The van der Waals surface area contributed by atoms with E-state index in [1.165, 1.54) is 0 Å². The summed E-state index contributed by atoms with van der Waals surface area (Å²) in [7, 11) is 0. The topological polar surface area (TPSA) is 37.3 Å². The molecule has 1 aromatic rings. The van der Waals surface area contributed by atoms with Gasteiger partial charge in [-0.15, -0.1) is 0 Å². The SMILES string of the molecule is O=C(CCCO)Cc1ccc(Br)cc1Cl. The Morgan fingerprint density at radius 2 is 2.20 bits per heavy atom. The van der Waals surface area contributed by atoms with Crippen LogP contribution in [0.2, 0.25) is 5.02 Å². The maximum absolute atomic E-state index is 11.4. The summed E-state index contributed by atoms with van der Waals surface area (Å²) in [5, 5.41) is 9.19. The first-order valence-corrected chi connectivity index (χ1v) is 5.87. The summed E-state index contributed by atoms with van der Waals surface area (Å²) < 4.78 is 0.902. The maximum Gasteiger partial charge on any atom is 0.137 e. The van der Waals surface area contributed by atoms with Gasteiger partial charge in [-0.3, -0.25) is 4.79 Å². The Bertz CT molecular complexity index is 352. The van der Waals surface area contributed by atoms with Crippen LogP contribution in [0.5, 0.6) is 0 Å². The predicted octanol–water partition coefficient (Wildman–Crippen LogP) is 2.99. The van der Waals surface area contributed by atoms with Crippen molar-refractivity contribution in [2.45, 2.75) is 19.3 Å². The summed E-state index contributed by atoms with van der Waals surface area (Å²) in [4.78, 5) is 11.4. The van der Waals surface area contributed by atoms with Crippen LogP contribution < -0.4 is 0 Å². The van der Waals surface area contributed by atoms with Crippen LogP contribution >= 0.6 is 27.5 Å². The molecule has 1 aromatic carbocycles. The molecule has 0 aliphatic carbocycles. The normalized spacial score (nSPS) is 10.3. The Balaban J connectivity index is 2.60. The highest BCUT2D eigenvalue weighted by Gasteiger charge is 2.07. The molecule has 0 atom stereocenters. The molecule has 0 saturated carbocycles. The number of rotatable bonds is 5. The van der Waals surface area contributed by atoms with Crippen molar-refractivity contribution >= 4 is 33.3 Å². The number of halogens is 2. The third-order valence-electron chi connectivity index (χ3n) is 2.02. The molecular weight excluding hydrogens is 279 g/mol. The van der Waals surface area contributed by atoms with Gasteiger partial charge in [-0.1, -0.05) is 33.6 Å². The second-order valence-corrected chi connectivity index (χ2v) is 4.60. The van der Waals surface area contributed by atoms with E-state index in [1.807, 2.05) is 12.1 Å². The summed E-state index contributed by atoms with van der Waals surface area (Å²) >= 11 is 9.28. The quantitative estimate of drug-likeness (QED) is 0.905. The lowest BCUT2D eigenvalue weighted by atomic mass is 10.1. The van der Waals surface area contributed by atoms with E-state index in [0.717, 1.165) is 10.0 Å². The van der Waals surface area contributed by atoms with Gasteiger partial charge in [-0.25, -0.2) is 0 Å². The summed E-state index contributed by atoms with van der Waals surface area (Å²) in [5.74, 6) is 0.105. The lowest BCUT2D eigenvalue weighted by molar-refractivity contribution is -0.118. The second kappa shape index (κ2) is 6.26. The zero-order valence-corrected chi connectivity index (χ0v) is 10.5. The summed E-state index contributed by atoms with van der Waals surface area (Å²) in [6.45, 7) is 0.0554. The minimum absolute atomic E-state index is 0.0554. The predicted molar refractivity (Wildman–Crippen MR) is 64.2 cm³/mol. The van der Waals surface area contributed by atoms with E-state index in [-0.39, 0.29) is 12.4 Å². The molecule has 0 saturated heterocycles. The molecule has 0 bridgehead atoms. The van der Waals surface area contributed by atoms with E-state index in [4.69, 9.17) is 16.7 Å². The van der Waals surface area contributed by atoms with Crippen molar-refractivity contribution in [1.29, 1.82) is 0 Å². The Morgan fingerprint density at radius 3 is 2.80 bits per heavy atom. The summed E-state index contributed by atoms with van der Waals surface area (Å²) in [5.41, 5.74) is 0.836. The molecule has 82 valence electrons. The molecule has 15 heavy (non-hydrogen) atoms. The summed E-state index contributed by atoms with van der Waals surface area (Å²) in [6.07, 6.45) is 1.27. The molecule has 0 aliphatic heterocycles. The maximum atomic E-state index is 11.4. The lowest BCUT2D eigenvalue weighted by Gasteiger charge is -2.03. The molecule has 1 N–H and O–H groups in total. The highest BCUT2D eigenvalue weighted by atomic mass is 79.9. The molecule has 0 heterocycles. The minimum Gasteiger partial charge on any atom is -0.396 e. The van der Waals surface area contributed by atoms with E-state index in [0.29, 0.717) is 24.3 Å². The van der Waals surface area contributed by atoms with Crippen LogP contribution in [0.15, 0.2) is 22.7 Å². The van der Waals surface area contributed by atoms with Gasteiger partial charge in [0.25, 0.3) is 0 Å². The zero-order chi connectivity index (χ0) is 11.3. The van der Waals surface area contributed by atoms with Crippen molar-refractivity contribution in [3.63, 3.8) is 0 Å². The smallest absolute Gasteiger partial charge is 0.137 e. The van der Waals surface area contributed by atoms with Gasteiger partial charge in [0.05, 0.1) is 0 Å². The van der Waals surface area contributed by atoms with E-state index >= 15 is 0 Å². The molecule has 0 amide bonds. The van der Waals surface area contributed by atoms with Crippen molar-refractivity contribution in [3.8, 4) is 0 Å². The lowest BCUT2D eigenvalue weighted by Crippen LogP contribution is -2.04. The number of Topliss-reactive ketones (excluding diaryl/α,β-unsaturated/α-hetero) is 1. The molecule has 0 fully saturated rings. The van der Waals surface area contributed by atoms with Gasteiger partial charge in [0.15, 0.2) is 0 Å². The van der Waals surface area contributed by atoms with Gasteiger partial charge in [0, 0.05) is 28.9 Å². The minimum atomic E-state index is 0.0554. The van der Waals surface area contributed by atoms with Gasteiger partial charge < -0.3 is 5.11 Å². The van der Waals surface area contributed by atoms with Crippen LogP contribution in [0, 0.1) is 0 Å². The van der Waals surface area contributed by atoms with Crippen molar-refractivity contribution in [3.05, 3.63) is 33.3 Å². The van der Waals surface area contributed by atoms with E-state index in [9.17, 15) is 4.79 Å². The average Bonchev–Trinajstić information content (AvgIpc) is 2.19. The molecule has 2 nitrogen and oxygen atoms in total. The highest BCUT2D eigenvalue weighted by Crippen LogP contribution is 2.22. The molecule has 4 heteroatoms. The fourth-order valence-corrected chi connectivity index (χ4v) is 1.98. The number of hydrogen-bond acceptors (Lipinski definition) is 2. The Hall–Kier alpha value is -0.380. The average molecular weight is 292 g/mol. The first-order valence-electron chi connectivity index (χ1n) is 4.70. The number of carbonyl (C=O) groups excluding carboxylic acids is 1. The van der Waals surface area contributed by atoms with Gasteiger partial charge in [0.2, 0.25) is 0 Å². The third kappa shape index (κ3) is 4.33. The monoisotopic (exact) mass is 290 g/mol. The fraction of sp³-hybridized carbons (Fsp3) is 0.364. The van der Waals surface area contributed by atoms with E-state index in [2.05, 4.69) is 15.9 Å². The van der Waals surface area contributed by atoms with Gasteiger partial charge in [-0.05, 0) is 24.1 Å². The van der Waals surface area contributed by atoms with Gasteiger partial charge >= 0.3 is 0 Å². The van der Waals surface area contributed by atoms with Gasteiger partial charge in [0.1, 0.15) is 5.78 Å². The standard InChI is InChI=1S/C11H12BrClO2/c12-9-4-3-8(11(13)7-9)6-10(15)2-1-5-14/h3-4,7,14H,1-2,5-6H2. The van der Waals surface area contributed by atoms with Crippen LogP contribution in [-0.2, 0) is 11.2 Å². The van der Waals surface area contributed by atoms with Crippen molar-refractivity contribution in [2.24, 2.45) is 0 Å². The van der Waals surface area contributed by atoms with E-state index in [1.54, 1.807) is 6.07 Å². The van der Waals surface area contributed by atoms with Crippen LogP contribution in [0.25, 0.3) is 0 Å². The number of benzene rings is 1. The Kier molecular flexibility index (Phi) is 5.29.